The average Bonchev–Trinajstić information content (AvgIpc) is 3.42. The first-order valence-corrected chi connectivity index (χ1v) is 12.1. The van der Waals surface area contributed by atoms with Gasteiger partial charge in [0.2, 0.25) is 11.8 Å². The van der Waals surface area contributed by atoms with Crippen molar-refractivity contribution in [2.45, 2.75) is 25.3 Å². The van der Waals surface area contributed by atoms with Crippen LogP contribution in [-0.2, 0) is 9.59 Å². The van der Waals surface area contributed by atoms with Gasteiger partial charge >= 0.3 is 0 Å². The fourth-order valence-electron chi connectivity index (χ4n) is 4.61. The number of benzene rings is 4. The van der Waals surface area contributed by atoms with Crippen molar-refractivity contribution in [1.29, 1.82) is 0 Å². The SMILES string of the molecule is O=C(CCC(=O)N1CCC(c2ccccc2)=N1)NC(c1ccccc1)c1c(O)ccc2ccccc12. The molecule has 5 rings (SSSR count). The Labute approximate surface area is 209 Å². The minimum atomic E-state index is -0.561. The summed E-state index contributed by atoms with van der Waals surface area (Å²) in [5.74, 6) is -0.338. The van der Waals surface area contributed by atoms with Gasteiger partial charge in [-0.15, -0.1) is 0 Å². The maximum absolute atomic E-state index is 13.1. The molecule has 1 atom stereocenters. The number of fused-ring (bicyclic) bond motifs is 1. The molecular formula is C30H27N3O3. The normalized spacial score (nSPS) is 13.9. The van der Waals surface area contributed by atoms with Crippen molar-refractivity contribution in [3.05, 3.63) is 114 Å². The highest BCUT2D eigenvalue weighted by atomic mass is 16.3. The van der Waals surface area contributed by atoms with Gasteiger partial charge in [-0.05, 0) is 28.0 Å². The van der Waals surface area contributed by atoms with E-state index >= 15 is 0 Å². The van der Waals surface area contributed by atoms with Crippen molar-refractivity contribution < 1.29 is 14.7 Å². The quantitative estimate of drug-likeness (QED) is 0.385. The molecule has 2 amide bonds. The Morgan fingerprint density at radius 3 is 2.33 bits per heavy atom. The fraction of sp³-hybridized carbons (Fsp3) is 0.167. The number of phenols is 1. The van der Waals surface area contributed by atoms with Crippen LogP contribution in [0.4, 0.5) is 0 Å². The lowest BCUT2D eigenvalue weighted by Crippen LogP contribution is -2.31. The van der Waals surface area contributed by atoms with Gasteiger partial charge in [-0.1, -0.05) is 91.0 Å². The van der Waals surface area contributed by atoms with Crippen LogP contribution in [0.15, 0.2) is 102 Å². The third kappa shape index (κ3) is 4.98. The molecule has 0 radical (unpaired) electrons. The molecule has 1 aliphatic heterocycles. The zero-order valence-corrected chi connectivity index (χ0v) is 19.8. The maximum atomic E-state index is 13.1. The first-order chi connectivity index (χ1) is 17.6. The Bertz CT molecular complexity index is 1420. The van der Waals surface area contributed by atoms with Crippen molar-refractivity contribution in [2.75, 3.05) is 6.54 Å². The summed E-state index contributed by atoms with van der Waals surface area (Å²) < 4.78 is 0. The highest BCUT2D eigenvalue weighted by Crippen LogP contribution is 2.35. The van der Waals surface area contributed by atoms with Crippen LogP contribution in [0.1, 0.15) is 42.0 Å². The molecule has 36 heavy (non-hydrogen) atoms. The summed E-state index contributed by atoms with van der Waals surface area (Å²) in [6.45, 7) is 0.515. The molecule has 2 N–H and O–H groups in total. The molecule has 0 bridgehead atoms. The number of carbonyl (C=O) groups is 2. The first kappa shape index (κ1) is 23.3. The number of rotatable bonds is 7. The van der Waals surface area contributed by atoms with Gasteiger partial charge in [0, 0.05) is 24.8 Å². The molecule has 0 aromatic heterocycles. The molecule has 0 fully saturated rings. The minimum Gasteiger partial charge on any atom is -0.508 e. The molecule has 0 aliphatic carbocycles. The van der Waals surface area contributed by atoms with Crippen molar-refractivity contribution in [3.63, 3.8) is 0 Å². The van der Waals surface area contributed by atoms with E-state index in [0.29, 0.717) is 18.5 Å². The average molecular weight is 478 g/mol. The summed E-state index contributed by atoms with van der Waals surface area (Å²) in [6.07, 6.45) is 0.777. The predicted octanol–water partition coefficient (Wildman–Crippen LogP) is 5.17. The van der Waals surface area contributed by atoms with Gasteiger partial charge in [0.25, 0.3) is 0 Å². The third-order valence-electron chi connectivity index (χ3n) is 6.44. The Hall–Kier alpha value is -4.45. The molecule has 4 aromatic carbocycles. The Morgan fingerprint density at radius 1 is 0.861 bits per heavy atom. The second-order valence-corrected chi connectivity index (χ2v) is 8.81. The Morgan fingerprint density at radius 2 is 1.56 bits per heavy atom. The summed E-state index contributed by atoms with van der Waals surface area (Å²) in [5, 5.41) is 21.6. The molecule has 6 nitrogen and oxygen atoms in total. The van der Waals surface area contributed by atoms with E-state index in [4.69, 9.17) is 0 Å². The lowest BCUT2D eigenvalue weighted by molar-refractivity contribution is -0.133. The lowest BCUT2D eigenvalue weighted by Gasteiger charge is -2.23. The molecule has 1 unspecified atom stereocenters. The Kier molecular flexibility index (Phi) is 6.76. The highest BCUT2D eigenvalue weighted by Gasteiger charge is 2.25. The maximum Gasteiger partial charge on any atom is 0.243 e. The number of phenolic OH excluding ortho intramolecular Hbond substituents is 1. The van der Waals surface area contributed by atoms with Gasteiger partial charge in [0.1, 0.15) is 5.75 Å². The monoisotopic (exact) mass is 477 g/mol. The number of nitrogens with one attached hydrogen (secondary N) is 1. The summed E-state index contributed by atoms with van der Waals surface area (Å²) in [6, 6.07) is 30.0. The third-order valence-corrected chi connectivity index (χ3v) is 6.44. The highest BCUT2D eigenvalue weighted by molar-refractivity contribution is 6.02. The van der Waals surface area contributed by atoms with Gasteiger partial charge in [-0.2, -0.15) is 5.10 Å². The van der Waals surface area contributed by atoms with E-state index in [1.165, 1.54) is 5.01 Å². The van der Waals surface area contributed by atoms with Crippen molar-refractivity contribution in [2.24, 2.45) is 5.10 Å². The van der Waals surface area contributed by atoms with Crippen LogP contribution in [0.5, 0.6) is 5.75 Å². The molecule has 0 saturated heterocycles. The van der Waals surface area contributed by atoms with Crippen LogP contribution in [0.2, 0.25) is 0 Å². The van der Waals surface area contributed by atoms with Crippen LogP contribution in [0.25, 0.3) is 10.8 Å². The molecule has 1 aliphatic rings. The molecule has 180 valence electrons. The zero-order chi connectivity index (χ0) is 24.9. The summed E-state index contributed by atoms with van der Waals surface area (Å²) in [4.78, 5) is 25.8. The molecular weight excluding hydrogens is 450 g/mol. The van der Waals surface area contributed by atoms with E-state index in [2.05, 4.69) is 10.4 Å². The number of carbonyl (C=O) groups excluding carboxylic acids is 2. The van der Waals surface area contributed by atoms with Gasteiger partial charge in [0.05, 0.1) is 18.3 Å². The van der Waals surface area contributed by atoms with Gasteiger partial charge < -0.3 is 10.4 Å². The largest absolute Gasteiger partial charge is 0.508 e. The smallest absolute Gasteiger partial charge is 0.243 e. The second-order valence-electron chi connectivity index (χ2n) is 8.81. The van der Waals surface area contributed by atoms with E-state index < -0.39 is 6.04 Å². The second kappa shape index (κ2) is 10.4. The van der Waals surface area contributed by atoms with Gasteiger partial charge in [-0.25, -0.2) is 5.01 Å². The first-order valence-electron chi connectivity index (χ1n) is 12.1. The fourth-order valence-corrected chi connectivity index (χ4v) is 4.61. The van der Waals surface area contributed by atoms with Gasteiger partial charge in [-0.3, -0.25) is 9.59 Å². The molecule has 0 saturated carbocycles. The van der Waals surface area contributed by atoms with Crippen molar-refractivity contribution in [3.8, 4) is 5.75 Å². The van der Waals surface area contributed by atoms with Crippen LogP contribution in [-0.4, -0.2) is 34.2 Å². The van der Waals surface area contributed by atoms with Gasteiger partial charge in [0.15, 0.2) is 0 Å². The van der Waals surface area contributed by atoms with Crippen LogP contribution in [0, 0.1) is 0 Å². The van der Waals surface area contributed by atoms with E-state index in [1.807, 2.05) is 91.0 Å². The molecule has 0 spiro atoms. The molecule has 6 heteroatoms. The predicted molar refractivity (Wildman–Crippen MR) is 141 cm³/mol. The topological polar surface area (TPSA) is 82.0 Å². The van der Waals surface area contributed by atoms with E-state index in [9.17, 15) is 14.7 Å². The van der Waals surface area contributed by atoms with Crippen LogP contribution in [0.3, 0.4) is 0 Å². The number of nitrogens with zero attached hydrogens (tertiary/aromatic N) is 2. The molecule has 1 heterocycles. The van der Waals surface area contributed by atoms with Crippen molar-refractivity contribution >= 4 is 28.3 Å². The van der Waals surface area contributed by atoms with E-state index in [1.54, 1.807) is 6.07 Å². The minimum absolute atomic E-state index is 0.0282. The van der Waals surface area contributed by atoms with Crippen LogP contribution < -0.4 is 5.32 Å². The number of hydrogen-bond donors (Lipinski definition) is 2. The van der Waals surface area contributed by atoms with E-state index in [-0.39, 0.29) is 30.4 Å². The van der Waals surface area contributed by atoms with Crippen molar-refractivity contribution in [1.82, 2.24) is 10.3 Å². The summed E-state index contributed by atoms with van der Waals surface area (Å²) >= 11 is 0. The van der Waals surface area contributed by atoms with Crippen LogP contribution >= 0.6 is 0 Å². The number of aromatic hydroxyl groups is 1. The standard InChI is InChI=1S/C30H27N3O3/c34-26-16-15-21-9-7-8-14-24(21)29(26)30(23-12-5-2-6-13-23)31-27(35)17-18-28(36)33-20-19-25(32-33)22-10-3-1-4-11-22/h1-16,30,34H,17-20H2,(H,31,35). The number of hydrogen-bond acceptors (Lipinski definition) is 4. The van der Waals surface area contributed by atoms with E-state index in [0.717, 1.165) is 27.6 Å². The number of amides is 2. The lowest BCUT2D eigenvalue weighted by atomic mass is 9.92. The zero-order valence-electron chi connectivity index (χ0n) is 19.8. The molecule has 4 aromatic rings. The number of hydrazone groups is 1. The Balaban J connectivity index is 1.32. The summed E-state index contributed by atoms with van der Waals surface area (Å²) in [5.41, 5.74) is 3.37. The summed E-state index contributed by atoms with van der Waals surface area (Å²) in [7, 11) is 0.